The van der Waals surface area contributed by atoms with Crippen LogP contribution in [0.15, 0.2) is 48.5 Å². The van der Waals surface area contributed by atoms with E-state index in [1.54, 1.807) is 33.4 Å². The lowest BCUT2D eigenvalue weighted by Crippen LogP contribution is -2.17. The lowest BCUT2D eigenvalue weighted by atomic mass is 9.77. The van der Waals surface area contributed by atoms with Crippen LogP contribution < -0.4 is 0 Å². The summed E-state index contributed by atoms with van der Waals surface area (Å²) in [5.74, 6) is 0. The zero-order chi connectivity index (χ0) is 33.1. The molecule has 0 nitrogen and oxygen atoms in total. The summed E-state index contributed by atoms with van der Waals surface area (Å²) in [5.41, 5.74) is 24.8. The first-order valence-electron chi connectivity index (χ1n) is 17.9. The van der Waals surface area contributed by atoms with Gasteiger partial charge in [-0.25, -0.2) is 0 Å². The Kier molecular flexibility index (Phi) is 6.97. The maximum absolute atomic E-state index is 2.61. The van der Waals surface area contributed by atoms with Crippen molar-refractivity contribution in [1.29, 1.82) is 0 Å². The van der Waals surface area contributed by atoms with Gasteiger partial charge in [-0.1, -0.05) is 132 Å². The first kappa shape index (κ1) is 31.5. The van der Waals surface area contributed by atoms with E-state index < -0.39 is 0 Å². The lowest BCUT2D eigenvalue weighted by molar-refractivity contribution is 0.575. The number of rotatable bonds is 0. The van der Waals surface area contributed by atoms with Crippen LogP contribution in [0, 0.1) is 0 Å². The lowest BCUT2D eigenvalue weighted by Gasteiger charge is -2.27. The van der Waals surface area contributed by atoms with Crippen LogP contribution in [-0.4, -0.2) is 0 Å². The van der Waals surface area contributed by atoms with Crippen LogP contribution in [0.5, 0.6) is 0 Å². The molecule has 0 unspecified atom stereocenters. The van der Waals surface area contributed by atoms with Crippen LogP contribution in [0.1, 0.15) is 150 Å². The molecular weight excluding hydrogens is 553 g/mol. The SMILES string of the molecule is CC(C)(C)c1cc2c3c(c1)-c1cc(C(C)(C)C)c(cc1C3)CCc1cc3c(cc1C(C)(C)C)-c1cc(C(C)(C)C)cc(c1C3)CC2. The third-order valence-electron chi connectivity index (χ3n) is 11.3. The Morgan fingerprint density at radius 1 is 0.326 bits per heavy atom. The average Bonchev–Trinajstić information content (AvgIpc) is 3.48. The Balaban J connectivity index is 1.51. The number of fused-ring (bicyclic) bond motifs is 4. The largest absolute Gasteiger partial charge is 0.0561 e. The third-order valence-corrected chi connectivity index (χ3v) is 11.3. The number of aryl methyl sites for hydroxylation is 4. The molecular formula is C46H56. The summed E-state index contributed by atoms with van der Waals surface area (Å²) < 4.78 is 0. The van der Waals surface area contributed by atoms with Gasteiger partial charge in [0.1, 0.15) is 0 Å². The van der Waals surface area contributed by atoms with Crippen molar-refractivity contribution < 1.29 is 0 Å². The number of hydrogen-bond donors (Lipinski definition) is 0. The second-order valence-electron chi connectivity index (χ2n) is 19.0. The summed E-state index contributed by atoms with van der Waals surface area (Å²) in [7, 11) is 0. The molecule has 6 bridgehead atoms. The van der Waals surface area contributed by atoms with E-state index in [1.165, 1.54) is 55.6 Å². The smallest absolute Gasteiger partial charge is 0.00106 e. The molecule has 46 heavy (non-hydrogen) atoms. The Hall–Kier alpha value is -3.12. The van der Waals surface area contributed by atoms with Crippen molar-refractivity contribution in [3.8, 4) is 22.3 Å². The molecule has 240 valence electrons. The van der Waals surface area contributed by atoms with Gasteiger partial charge in [-0.3, -0.25) is 0 Å². The van der Waals surface area contributed by atoms with Gasteiger partial charge >= 0.3 is 0 Å². The van der Waals surface area contributed by atoms with Crippen molar-refractivity contribution in [1.82, 2.24) is 0 Å². The summed E-state index contributed by atoms with van der Waals surface area (Å²) in [6.07, 6.45) is 6.48. The topological polar surface area (TPSA) is 0 Å². The molecule has 0 radical (unpaired) electrons. The standard InChI is InChI=1S/C46H56/c1-43(2,3)33-19-27-13-14-28-20-34(44(4,5)6)24-40-36(28)22-32-18-30(42(26-38(32)40)46(10,11)12)16-15-29-17-31-21-35(27)39(23-33)37(31)25-41(29)45(7,8)9/h17-20,23-26H,13-16,21-22H2,1-12H3. The van der Waals surface area contributed by atoms with E-state index in [-0.39, 0.29) is 21.7 Å². The highest BCUT2D eigenvalue weighted by atomic mass is 14.4. The summed E-state index contributed by atoms with van der Waals surface area (Å²) >= 11 is 0. The molecule has 0 heterocycles. The maximum Gasteiger partial charge on any atom is -0.00106 e. The molecule has 0 aromatic heterocycles. The van der Waals surface area contributed by atoms with Crippen LogP contribution in [0.2, 0.25) is 0 Å². The molecule has 0 fully saturated rings. The fourth-order valence-corrected chi connectivity index (χ4v) is 8.59. The first-order chi connectivity index (χ1) is 21.3. The van der Waals surface area contributed by atoms with Crippen molar-refractivity contribution in [3.05, 3.63) is 115 Å². The molecule has 3 aliphatic rings. The number of benzene rings is 4. The van der Waals surface area contributed by atoms with E-state index in [9.17, 15) is 0 Å². The molecule has 0 N–H and O–H groups in total. The van der Waals surface area contributed by atoms with E-state index in [0.717, 1.165) is 38.5 Å². The Bertz CT molecular complexity index is 1760. The van der Waals surface area contributed by atoms with Crippen LogP contribution in [0.25, 0.3) is 22.3 Å². The van der Waals surface area contributed by atoms with Gasteiger partial charge in [-0.2, -0.15) is 0 Å². The van der Waals surface area contributed by atoms with Crippen molar-refractivity contribution in [2.45, 2.75) is 143 Å². The molecule has 3 aliphatic carbocycles. The minimum absolute atomic E-state index is 0.0901. The highest BCUT2D eigenvalue weighted by Gasteiger charge is 2.32. The monoisotopic (exact) mass is 608 g/mol. The summed E-state index contributed by atoms with van der Waals surface area (Å²) in [6.45, 7) is 28.7. The van der Waals surface area contributed by atoms with Gasteiger partial charge in [-0.05, 0) is 149 Å². The molecule has 7 rings (SSSR count). The molecule has 0 saturated heterocycles. The van der Waals surface area contributed by atoms with Crippen LogP contribution in [0.3, 0.4) is 0 Å². The third kappa shape index (κ3) is 5.29. The number of hydrogen-bond acceptors (Lipinski definition) is 0. The molecule has 0 saturated carbocycles. The quantitative estimate of drug-likeness (QED) is 0.161. The molecule has 0 heteroatoms. The van der Waals surface area contributed by atoms with Gasteiger partial charge < -0.3 is 0 Å². The second kappa shape index (κ2) is 10.2. The fraction of sp³-hybridized carbons (Fsp3) is 0.478. The van der Waals surface area contributed by atoms with Crippen molar-refractivity contribution in [2.24, 2.45) is 0 Å². The zero-order valence-electron chi connectivity index (χ0n) is 30.9. The van der Waals surface area contributed by atoms with E-state index in [0.29, 0.717) is 0 Å². The van der Waals surface area contributed by atoms with Crippen molar-refractivity contribution >= 4 is 0 Å². The molecule has 0 aliphatic heterocycles. The van der Waals surface area contributed by atoms with Gasteiger partial charge in [0.2, 0.25) is 0 Å². The molecule has 0 spiro atoms. The molecule has 4 aromatic carbocycles. The summed E-state index contributed by atoms with van der Waals surface area (Å²) in [5, 5.41) is 0. The van der Waals surface area contributed by atoms with Crippen LogP contribution >= 0.6 is 0 Å². The van der Waals surface area contributed by atoms with Gasteiger partial charge in [-0.15, -0.1) is 0 Å². The molecule has 0 atom stereocenters. The van der Waals surface area contributed by atoms with Crippen molar-refractivity contribution in [3.63, 3.8) is 0 Å². The highest BCUT2D eigenvalue weighted by Crippen LogP contribution is 2.47. The highest BCUT2D eigenvalue weighted by molar-refractivity contribution is 5.82. The zero-order valence-corrected chi connectivity index (χ0v) is 30.9. The van der Waals surface area contributed by atoms with Gasteiger partial charge in [0.25, 0.3) is 0 Å². The Labute approximate surface area is 280 Å². The van der Waals surface area contributed by atoms with Gasteiger partial charge in [0, 0.05) is 0 Å². The van der Waals surface area contributed by atoms with E-state index in [1.807, 2.05) is 0 Å². The van der Waals surface area contributed by atoms with Gasteiger partial charge in [0.05, 0.1) is 0 Å². The normalized spacial score (nSPS) is 15.7. The average molecular weight is 609 g/mol. The summed E-state index contributed by atoms with van der Waals surface area (Å²) in [4.78, 5) is 0. The summed E-state index contributed by atoms with van der Waals surface area (Å²) in [6, 6.07) is 20.7. The Morgan fingerprint density at radius 3 is 1.00 bits per heavy atom. The van der Waals surface area contributed by atoms with Gasteiger partial charge in [0.15, 0.2) is 0 Å². The van der Waals surface area contributed by atoms with E-state index in [4.69, 9.17) is 0 Å². The second-order valence-corrected chi connectivity index (χ2v) is 19.0. The van der Waals surface area contributed by atoms with Crippen LogP contribution in [-0.2, 0) is 60.2 Å². The predicted molar refractivity (Wildman–Crippen MR) is 199 cm³/mol. The minimum atomic E-state index is 0.0901. The molecule has 0 amide bonds. The Morgan fingerprint density at radius 2 is 0.674 bits per heavy atom. The van der Waals surface area contributed by atoms with Crippen LogP contribution in [0.4, 0.5) is 0 Å². The van der Waals surface area contributed by atoms with E-state index >= 15 is 0 Å². The van der Waals surface area contributed by atoms with E-state index in [2.05, 4.69) is 132 Å². The maximum atomic E-state index is 2.61. The first-order valence-corrected chi connectivity index (χ1v) is 17.9. The minimum Gasteiger partial charge on any atom is -0.0561 e. The predicted octanol–water partition coefficient (Wildman–Crippen LogP) is 11.9. The van der Waals surface area contributed by atoms with Crippen molar-refractivity contribution in [2.75, 3.05) is 0 Å². The fourth-order valence-electron chi connectivity index (χ4n) is 8.59. The molecule has 4 aromatic rings.